The van der Waals surface area contributed by atoms with Gasteiger partial charge in [0.15, 0.2) is 0 Å². The van der Waals surface area contributed by atoms with Crippen LogP contribution in [0, 0.1) is 5.92 Å². The van der Waals surface area contributed by atoms with Crippen LogP contribution in [0.15, 0.2) is 54.6 Å². The summed E-state index contributed by atoms with van der Waals surface area (Å²) in [5.41, 5.74) is 1.58. The molecule has 10 nitrogen and oxygen atoms in total. The SMILES string of the molecule is CC(O)[C@H]1C(=O)N[C@H](Cc2ccc(O)cc2)C(=O)NCC=Cc2ccccc2OCCN[C@@H](C2CCCCC2)C(=O)N1C. The number of rotatable bonds is 4. The number of hydrogen-bond acceptors (Lipinski definition) is 7. The normalized spacial score (nSPS) is 24.1. The van der Waals surface area contributed by atoms with Gasteiger partial charge in [-0.15, -0.1) is 0 Å². The van der Waals surface area contributed by atoms with E-state index in [9.17, 15) is 24.6 Å². The molecule has 4 atom stereocenters. The molecule has 1 aliphatic carbocycles. The van der Waals surface area contributed by atoms with Crippen LogP contribution in [0.1, 0.15) is 50.2 Å². The second-order valence-electron chi connectivity index (χ2n) is 11.4. The monoisotopic (exact) mass is 592 g/mol. The molecule has 1 heterocycles. The summed E-state index contributed by atoms with van der Waals surface area (Å²) >= 11 is 0. The third kappa shape index (κ3) is 8.81. The van der Waals surface area contributed by atoms with E-state index in [1.807, 2.05) is 36.4 Å². The molecule has 5 N–H and O–H groups in total. The van der Waals surface area contributed by atoms with Gasteiger partial charge in [0.25, 0.3) is 0 Å². The Hall–Kier alpha value is -3.89. The van der Waals surface area contributed by atoms with Crippen LogP contribution in [0.3, 0.4) is 0 Å². The molecule has 3 amide bonds. The Morgan fingerprint density at radius 3 is 2.44 bits per heavy atom. The summed E-state index contributed by atoms with van der Waals surface area (Å²) in [5.74, 6) is -0.450. The lowest BCUT2D eigenvalue weighted by Gasteiger charge is -2.37. The number of aliphatic hydroxyl groups excluding tert-OH is 1. The first-order valence-corrected chi connectivity index (χ1v) is 15.2. The zero-order valence-corrected chi connectivity index (χ0v) is 25.0. The third-order valence-electron chi connectivity index (χ3n) is 8.22. The van der Waals surface area contributed by atoms with Crippen molar-refractivity contribution in [3.05, 3.63) is 65.7 Å². The van der Waals surface area contributed by atoms with Crippen LogP contribution in [0.25, 0.3) is 6.08 Å². The van der Waals surface area contributed by atoms with Gasteiger partial charge in [-0.25, -0.2) is 0 Å². The van der Waals surface area contributed by atoms with Crippen LogP contribution in [-0.4, -0.2) is 83.8 Å². The lowest BCUT2D eigenvalue weighted by molar-refractivity contribution is -0.146. The van der Waals surface area contributed by atoms with E-state index in [1.54, 1.807) is 12.1 Å². The second-order valence-corrected chi connectivity index (χ2v) is 11.4. The van der Waals surface area contributed by atoms with Crippen molar-refractivity contribution in [2.24, 2.45) is 5.92 Å². The van der Waals surface area contributed by atoms with Crippen molar-refractivity contribution in [3.63, 3.8) is 0 Å². The number of nitrogens with one attached hydrogen (secondary N) is 3. The summed E-state index contributed by atoms with van der Waals surface area (Å²) in [6.45, 7) is 2.43. The molecule has 0 saturated heterocycles. The van der Waals surface area contributed by atoms with E-state index in [4.69, 9.17) is 4.74 Å². The average Bonchev–Trinajstić information content (AvgIpc) is 3.00. The maximum absolute atomic E-state index is 14.0. The number of carbonyl (C=O) groups excluding carboxylic acids is 3. The molecule has 0 spiro atoms. The van der Waals surface area contributed by atoms with Gasteiger partial charge >= 0.3 is 0 Å². The maximum Gasteiger partial charge on any atom is 0.246 e. The number of benzene rings is 2. The van der Waals surface area contributed by atoms with Crippen molar-refractivity contribution in [1.29, 1.82) is 0 Å². The number of para-hydroxylation sites is 1. The van der Waals surface area contributed by atoms with Gasteiger partial charge < -0.3 is 35.8 Å². The van der Waals surface area contributed by atoms with E-state index in [0.29, 0.717) is 18.9 Å². The average molecular weight is 593 g/mol. The molecule has 1 unspecified atom stereocenters. The van der Waals surface area contributed by atoms with Crippen molar-refractivity contribution in [2.75, 3.05) is 26.7 Å². The molecule has 0 aromatic heterocycles. The Balaban J connectivity index is 1.65. The lowest BCUT2D eigenvalue weighted by atomic mass is 9.83. The summed E-state index contributed by atoms with van der Waals surface area (Å²) in [4.78, 5) is 42.3. The molecular weight excluding hydrogens is 548 g/mol. The highest BCUT2D eigenvalue weighted by Crippen LogP contribution is 2.28. The first-order valence-electron chi connectivity index (χ1n) is 15.2. The largest absolute Gasteiger partial charge is 0.508 e. The number of hydrogen-bond donors (Lipinski definition) is 5. The quantitative estimate of drug-likeness (QED) is 0.367. The molecule has 2 aromatic carbocycles. The number of amides is 3. The molecule has 0 bridgehead atoms. The molecule has 43 heavy (non-hydrogen) atoms. The predicted octanol–water partition coefficient (Wildman–Crippen LogP) is 2.39. The van der Waals surface area contributed by atoms with Gasteiger partial charge in [-0.2, -0.15) is 0 Å². The van der Waals surface area contributed by atoms with Crippen LogP contribution >= 0.6 is 0 Å². The summed E-state index contributed by atoms with van der Waals surface area (Å²) in [5, 5.41) is 29.5. The van der Waals surface area contributed by atoms with Gasteiger partial charge in [0.1, 0.15) is 30.2 Å². The van der Waals surface area contributed by atoms with Crippen molar-refractivity contribution in [1.82, 2.24) is 20.9 Å². The van der Waals surface area contributed by atoms with Gasteiger partial charge in [0.05, 0.1) is 12.1 Å². The van der Waals surface area contributed by atoms with Crippen LogP contribution in [0.5, 0.6) is 11.5 Å². The van der Waals surface area contributed by atoms with Crippen LogP contribution < -0.4 is 20.7 Å². The first kappa shape index (κ1) is 32.0. The summed E-state index contributed by atoms with van der Waals surface area (Å²) in [6.07, 6.45) is 7.62. The number of fused-ring (bicyclic) bond motifs is 1. The lowest BCUT2D eigenvalue weighted by Crippen LogP contribution is -2.61. The van der Waals surface area contributed by atoms with Gasteiger partial charge in [-0.05, 0) is 49.4 Å². The predicted molar refractivity (Wildman–Crippen MR) is 164 cm³/mol. The smallest absolute Gasteiger partial charge is 0.246 e. The Morgan fingerprint density at radius 1 is 1.00 bits per heavy atom. The minimum Gasteiger partial charge on any atom is -0.508 e. The fourth-order valence-electron chi connectivity index (χ4n) is 5.93. The van der Waals surface area contributed by atoms with E-state index in [0.717, 1.165) is 43.2 Å². The minimum atomic E-state index is -1.21. The molecule has 1 aliphatic heterocycles. The number of phenolic OH excluding ortho intramolecular Hbond substituents is 1. The second kappa shape index (κ2) is 15.5. The van der Waals surface area contributed by atoms with Crippen molar-refractivity contribution in [3.8, 4) is 11.5 Å². The summed E-state index contributed by atoms with van der Waals surface area (Å²) in [6, 6.07) is 11.2. The number of nitrogens with zero attached hydrogens (tertiary/aromatic N) is 1. The van der Waals surface area contributed by atoms with Crippen molar-refractivity contribution < 1.29 is 29.3 Å². The molecule has 1 fully saturated rings. The third-order valence-corrected chi connectivity index (χ3v) is 8.22. The van der Waals surface area contributed by atoms with Gasteiger partial charge in [0, 0.05) is 32.1 Å². The van der Waals surface area contributed by atoms with Gasteiger partial charge in [-0.1, -0.05) is 61.7 Å². The van der Waals surface area contributed by atoms with Crippen molar-refractivity contribution in [2.45, 2.75) is 69.7 Å². The van der Waals surface area contributed by atoms with E-state index in [-0.39, 0.29) is 30.5 Å². The number of likely N-dealkylation sites (N-methyl/N-ethyl adjacent to an activating group) is 1. The molecule has 4 rings (SSSR count). The Kier molecular flexibility index (Phi) is 11.6. The number of aliphatic hydroxyl groups is 1. The molecule has 1 saturated carbocycles. The highest BCUT2D eigenvalue weighted by molar-refractivity contribution is 5.93. The Bertz CT molecular complexity index is 1260. The number of ether oxygens (including phenoxy) is 1. The van der Waals surface area contributed by atoms with Crippen LogP contribution in [0.2, 0.25) is 0 Å². The molecule has 0 radical (unpaired) electrons. The zero-order chi connectivity index (χ0) is 30.8. The molecule has 2 aromatic rings. The fraction of sp³-hybridized carbons (Fsp3) is 0.485. The van der Waals surface area contributed by atoms with Crippen LogP contribution in [-0.2, 0) is 20.8 Å². The topological polar surface area (TPSA) is 140 Å². The molecule has 2 aliphatic rings. The Morgan fingerprint density at radius 2 is 1.72 bits per heavy atom. The Labute approximate surface area is 253 Å². The minimum absolute atomic E-state index is 0.0896. The fourth-order valence-corrected chi connectivity index (χ4v) is 5.93. The van der Waals surface area contributed by atoms with E-state index < -0.39 is 36.0 Å². The van der Waals surface area contributed by atoms with E-state index >= 15 is 0 Å². The maximum atomic E-state index is 14.0. The summed E-state index contributed by atoms with van der Waals surface area (Å²) < 4.78 is 6.07. The summed E-state index contributed by atoms with van der Waals surface area (Å²) in [7, 11) is 1.53. The highest BCUT2D eigenvalue weighted by Gasteiger charge is 2.38. The van der Waals surface area contributed by atoms with Gasteiger partial charge in [0.2, 0.25) is 17.7 Å². The van der Waals surface area contributed by atoms with Crippen molar-refractivity contribution >= 4 is 23.8 Å². The number of carbonyl (C=O) groups is 3. The van der Waals surface area contributed by atoms with E-state index in [1.165, 1.54) is 31.0 Å². The molecule has 10 heteroatoms. The van der Waals surface area contributed by atoms with Crippen LogP contribution in [0.4, 0.5) is 0 Å². The van der Waals surface area contributed by atoms with Gasteiger partial charge in [-0.3, -0.25) is 14.4 Å². The number of aromatic hydroxyl groups is 1. The molecule has 232 valence electrons. The standard InChI is InChI=1S/C33H44N4O6/c1-22(38)30-32(41)36-27(21-23-14-16-26(39)17-15-23)31(40)35-18-8-12-24-9-6-7-13-28(24)43-20-19-34-29(33(42)37(30)2)25-10-4-3-5-11-25/h6-9,12-17,22,25,27,29-30,34,38-39H,3-5,10-11,18-21H2,1-2H3,(H,35,40)(H,36,41)/t22?,27-,29+,30+/m1/s1. The highest BCUT2D eigenvalue weighted by atomic mass is 16.5. The number of phenols is 1. The van der Waals surface area contributed by atoms with E-state index in [2.05, 4.69) is 16.0 Å². The zero-order valence-electron chi connectivity index (χ0n) is 25.0. The molecular formula is C33H44N4O6. The first-order chi connectivity index (χ1) is 20.7.